The third-order valence-electron chi connectivity index (χ3n) is 4.72. The normalized spacial score (nSPS) is 22.4. The minimum Gasteiger partial charge on any atom is -0.466 e. The van der Waals surface area contributed by atoms with Crippen molar-refractivity contribution in [3.05, 3.63) is 58.1 Å². The molecule has 0 aromatic heterocycles. The zero-order valence-electron chi connectivity index (χ0n) is 14.6. The van der Waals surface area contributed by atoms with Gasteiger partial charge in [0.15, 0.2) is 0 Å². The van der Waals surface area contributed by atoms with Gasteiger partial charge in [0.05, 0.1) is 12.8 Å². The SMILES string of the molecule is COC(=O)C1=Cc2ccc(Br)cc2N(S(=O)(=O)C2(C)C=CC=CC2)CC1. The average molecular weight is 438 g/mol. The van der Waals surface area contributed by atoms with Crippen molar-refractivity contribution in [3.63, 3.8) is 0 Å². The van der Waals surface area contributed by atoms with Gasteiger partial charge >= 0.3 is 5.97 Å². The Hall–Kier alpha value is -1.86. The van der Waals surface area contributed by atoms with Crippen molar-refractivity contribution in [3.8, 4) is 0 Å². The summed E-state index contributed by atoms with van der Waals surface area (Å²) in [7, 11) is -2.38. The molecule has 26 heavy (non-hydrogen) atoms. The monoisotopic (exact) mass is 437 g/mol. The number of carbonyl (C=O) groups excluding carboxylic acids is 1. The lowest BCUT2D eigenvalue weighted by Crippen LogP contribution is -2.46. The molecule has 138 valence electrons. The first-order chi connectivity index (χ1) is 12.3. The minimum absolute atomic E-state index is 0.180. The number of halogens is 1. The van der Waals surface area contributed by atoms with Crippen molar-refractivity contribution in [2.75, 3.05) is 18.0 Å². The molecular weight excluding hydrogens is 418 g/mol. The number of benzene rings is 1. The van der Waals surface area contributed by atoms with Crippen LogP contribution in [0.4, 0.5) is 5.69 Å². The summed E-state index contributed by atoms with van der Waals surface area (Å²) in [5.74, 6) is -0.440. The van der Waals surface area contributed by atoms with Crippen LogP contribution in [0.5, 0.6) is 0 Å². The van der Waals surface area contributed by atoms with Crippen LogP contribution in [0.15, 0.2) is 52.5 Å². The number of ether oxygens (including phenoxy) is 1. The van der Waals surface area contributed by atoms with E-state index in [1.807, 2.05) is 18.2 Å². The number of hydrogen-bond acceptors (Lipinski definition) is 4. The first-order valence-corrected chi connectivity index (χ1v) is 10.5. The van der Waals surface area contributed by atoms with Crippen LogP contribution in [0.3, 0.4) is 0 Å². The predicted octanol–water partition coefficient (Wildman–Crippen LogP) is 3.82. The number of allylic oxidation sites excluding steroid dienone is 3. The van der Waals surface area contributed by atoms with Gasteiger partial charge in [-0.15, -0.1) is 0 Å². The molecular formula is C19H20BrNO4S. The fraction of sp³-hybridized carbons (Fsp3) is 0.316. The molecule has 1 aliphatic heterocycles. The van der Waals surface area contributed by atoms with Gasteiger partial charge in [-0.05, 0) is 43.5 Å². The molecule has 1 aliphatic carbocycles. The summed E-state index contributed by atoms with van der Waals surface area (Å²) in [6, 6.07) is 5.40. The van der Waals surface area contributed by atoms with Gasteiger partial charge < -0.3 is 4.74 Å². The van der Waals surface area contributed by atoms with Gasteiger partial charge in [-0.25, -0.2) is 13.2 Å². The lowest BCUT2D eigenvalue weighted by Gasteiger charge is -2.35. The third-order valence-corrected chi connectivity index (χ3v) is 7.66. The first-order valence-electron chi connectivity index (χ1n) is 8.23. The van der Waals surface area contributed by atoms with E-state index < -0.39 is 20.7 Å². The van der Waals surface area contributed by atoms with Crippen LogP contribution in [0.2, 0.25) is 0 Å². The molecule has 1 unspecified atom stereocenters. The number of nitrogens with zero attached hydrogens (tertiary/aromatic N) is 1. The number of esters is 1. The summed E-state index contributed by atoms with van der Waals surface area (Å²) < 4.78 is 33.0. The van der Waals surface area contributed by atoms with Gasteiger partial charge in [0.2, 0.25) is 10.0 Å². The first kappa shape index (κ1) is 18.9. The smallest absolute Gasteiger partial charge is 0.333 e. The van der Waals surface area contributed by atoms with Crippen LogP contribution in [-0.4, -0.2) is 32.8 Å². The van der Waals surface area contributed by atoms with Gasteiger partial charge in [-0.2, -0.15) is 0 Å². The zero-order valence-corrected chi connectivity index (χ0v) is 17.0. The predicted molar refractivity (Wildman–Crippen MR) is 106 cm³/mol. The lowest BCUT2D eigenvalue weighted by molar-refractivity contribution is -0.136. The molecule has 0 saturated carbocycles. The van der Waals surface area contributed by atoms with Gasteiger partial charge in [0, 0.05) is 16.6 Å². The van der Waals surface area contributed by atoms with Crippen LogP contribution < -0.4 is 4.31 Å². The molecule has 0 spiro atoms. The second kappa shape index (κ2) is 7.04. The third kappa shape index (κ3) is 3.25. The summed E-state index contributed by atoms with van der Waals surface area (Å²) in [4.78, 5) is 12.0. The summed E-state index contributed by atoms with van der Waals surface area (Å²) in [5, 5.41) is 0. The standard InChI is InChI=1S/C19H20BrNO4S/c1-19(9-4-3-5-10-19)26(23,24)21-11-8-15(18(22)25-2)12-14-6-7-16(20)13-17(14)21/h3-7,9,12-13H,8,10-11H2,1-2H3. The van der Waals surface area contributed by atoms with Gasteiger partial charge in [0.1, 0.15) is 4.75 Å². The highest BCUT2D eigenvalue weighted by Gasteiger charge is 2.42. The molecule has 0 saturated heterocycles. The van der Waals surface area contributed by atoms with Crippen LogP contribution in [-0.2, 0) is 19.6 Å². The molecule has 0 amide bonds. The van der Waals surface area contributed by atoms with E-state index in [1.54, 1.807) is 37.3 Å². The molecule has 1 aromatic rings. The molecule has 5 nitrogen and oxygen atoms in total. The number of carbonyl (C=O) groups is 1. The lowest BCUT2D eigenvalue weighted by atomic mass is 10.0. The maximum atomic E-state index is 13.5. The van der Waals surface area contributed by atoms with E-state index in [-0.39, 0.29) is 13.0 Å². The Bertz CT molecular complexity index is 933. The molecule has 3 rings (SSSR count). The Kier molecular flexibility index (Phi) is 5.12. The van der Waals surface area contributed by atoms with E-state index >= 15 is 0 Å². The number of methoxy groups -OCH3 is 1. The Morgan fingerprint density at radius 1 is 1.31 bits per heavy atom. The highest BCUT2D eigenvalue weighted by Crippen LogP contribution is 2.38. The van der Waals surface area contributed by atoms with Crippen molar-refractivity contribution in [1.29, 1.82) is 0 Å². The van der Waals surface area contributed by atoms with Crippen LogP contribution in [0.25, 0.3) is 6.08 Å². The summed E-state index contributed by atoms with van der Waals surface area (Å²) in [6.07, 6.45) is 9.59. The van der Waals surface area contributed by atoms with Gasteiger partial charge in [-0.3, -0.25) is 4.31 Å². The number of hydrogen-bond donors (Lipinski definition) is 0. The van der Waals surface area contributed by atoms with Crippen molar-refractivity contribution >= 4 is 43.7 Å². The molecule has 2 aliphatic rings. The second-order valence-electron chi connectivity index (χ2n) is 6.50. The fourth-order valence-corrected chi connectivity index (χ4v) is 5.31. The van der Waals surface area contributed by atoms with Crippen molar-refractivity contribution in [2.24, 2.45) is 0 Å². The Morgan fingerprint density at radius 3 is 2.73 bits per heavy atom. The molecule has 1 atom stereocenters. The van der Waals surface area contributed by atoms with Gasteiger partial charge in [-0.1, -0.05) is 46.3 Å². The number of anilines is 1. The Labute approximate surface area is 162 Å². The highest BCUT2D eigenvalue weighted by molar-refractivity contribution is 9.10. The van der Waals surface area contributed by atoms with E-state index in [0.717, 1.165) is 4.47 Å². The summed E-state index contributed by atoms with van der Waals surface area (Å²) in [6.45, 7) is 1.90. The number of sulfonamides is 1. The average Bonchev–Trinajstić information content (AvgIpc) is 2.81. The molecule has 0 radical (unpaired) electrons. The minimum atomic E-state index is -3.70. The second-order valence-corrected chi connectivity index (χ2v) is 9.73. The molecule has 0 bridgehead atoms. The maximum absolute atomic E-state index is 13.5. The number of fused-ring (bicyclic) bond motifs is 1. The summed E-state index contributed by atoms with van der Waals surface area (Å²) >= 11 is 3.42. The largest absolute Gasteiger partial charge is 0.466 e. The van der Waals surface area contributed by atoms with Crippen LogP contribution >= 0.6 is 15.9 Å². The van der Waals surface area contributed by atoms with Crippen molar-refractivity contribution in [1.82, 2.24) is 0 Å². The van der Waals surface area contributed by atoms with Crippen LogP contribution in [0, 0.1) is 0 Å². The van der Waals surface area contributed by atoms with Crippen molar-refractivity contribution < 1.29 is 17.9 Å². The van der Waals surface area contributed by atoms with E-state index in [0.29, 0.717) is 23.2 Å². The van der Waals surface area contributed by atoms with E-state index in [2.05, 4.69) is 15.9 Å². The van der Waals surface area contributed by atoms with E-state index in [1.165, 1.54) is 11.4 Å². The highest BCUT2D eigenvalue weighted by atomic mass is 79.9. The van der Waals surface area contributed by atoms with Gasteiger partial charge in [0.25, 0.3) is 0 Å². The fourth-order valence-electron chi connectivity index (χ4n) is 3.15. The molecule has 0 N–H and O–H groups in total. The molecule has 7 heteroatoms. The van der Waals surface area contributed by atoms with Crippen LogP contribution in [0.1, 0.15) is 25.3 Å². The number of rotatable bonds is 3. The molecule has 1 aromatic carbocycles. The maximum Gasteiger partial charge on any atom is 0.333 e. The molecule has 1 heterocycles. The molecule has 0 fully saturated rings. The Balaban J connectivity index is 2.11. The quantitative estimate of drug-likeness (QED) is 0.674. The van der Waals surface area contributed by atoms with E-state index in [9.17, 15) is 13.2 Å². The Morgan fingerprint density at radius 2 is 2.08 bits per heavy atom. The topological polar surface area (TPSA) is 63.7 Å². The summed E-state index contributed by atoms with van der Waals surface area (Å²) in [5.41, 5.74) is 1.69. The van der Waals surface area contributed by atoms with E-state index in [4.69, 9.17) is 4.74 Å². The zero-order chi connectivity index (χ0) is 18.9. The van der Waals surface area contributed by atoms with Crippen molar-refractivity contribution in [2.45, 2.75) is 24.5 Å².